The van der Waals surface area contributed by atoms with Gasteiger partial charge < -0.3 is 14.0 Å². The van der Waals surface area contributed by atoms with Gasteiger partial charge in [-0.15, -0.1) is 0 Å². The maximum atomic E-state index is 6.41. The van der Waals surface area contributed by atoms with Gasteiger partial charge in [-0.2, -0.15) is 10.1 Å². The number of hydrogen-bond acceptors (Lipinski definition) is 5. The SMILES string of the molecule is CC1(C)O[C@@H]2[C@H](O1)[C@@H](c1cnn(CCc3ccccc3)c1)C[C@H]2n1ccc2c(Cl)nc(Cl)nc21. The first-order valence-corrected chi connectivity index (χ1v) is 12.2. The van der Waals surface area contributed by atoms with Gasteiger partial charge in [-0.25, -0.2) is 4.98 Å². The highest BCUT2D eigenvalue weighted by Crippen LogP contribution is 2.51. The van der Waals surface area contributed by atoms with E-state index in [1.54, 1.807) is 0 Å². The molecule has 1 aliphatic carbocycles. The summed E-state index contributed by atoms with van der Waals surface area (Å²) in [6.45, 7) is 4.76. The van der Waals surface area contributed by atoms with Crippen LogP contribution in [0.2, 0.25) is 10.4 Å². The van der Waals surface area contributed by atoms with Crippen molar-refractivity contribution in [2.24, 2.45) is 0 Å². The molecule has 0 spiro atoms. The van der Waals surface area contributed by atoms with E-state index in [1.165, 1.54) is 5.56 Å². The van der Waals surface area contributed by atoms with Crippen LogP contribution in [0.25, 0.3) is 11.0 Å². The van der Waals surface area contributed by atoms with Crippen LogP contribution >= 0.6 is 23.2 Å². The first-order valence-electron chi connectivity index (χ1n) is 11.5. The smallest absolute Gasteiger partial charge is 0.225 e. The highest BCUT2D eigenvalue weighted by atomic mass is 35.5. The van der Waals surface area contributed by atoms with Gasteiger partial charge in [0.25, 0.3) is 0 Å². The quantitative estimate of drug-likeness (QED) is 0.271. The van der Waals surface area contributed by atoms with E-state index >= 15 is 0 Å². The summed E-state index contributed by atoms with van der Waals surface area (Å²) in [5, 5.41) is 5.90. The summed E-state index contributed by atoms with van der Waals surface area (Å²) in [7, 11) is 0. The number of rotatable bonds is 5. The van der Waals surface area contributed by atoms with Gasteiger partial charge in [-0.05, 0) is 55.5 Å². The summed E-state index contributed by atoms with van der Waals surface area (Å²) in [4.78, 5) is 8.54. The molecule has 2 fully saturated rings. The second-order valence-corrected chi connectivity index (χ2v) is 10.2. The Balaban J connectivity index is 1.30. The van der Waals surface area contributed by atoms with Crippen molar-refractivity contribution in [2.75, 3.05) is 0 Å². The molecule has 0 unspecified atom stereocenters. The molecule has 4 aromatic rings. The molecule has 7 nitrogen and oxygen atoms in total. The Labute approximate surface area is 207 Å². The van der Waals surface area contributed by atoms with Crippen molar-refractivity contribution in [3.05, 3.63) is 76.6 Å². The Morgan fingerprint density at radius 1 is 1.06 bits per heavy atom. The molecule has 2 aliphatic rings. The predicted molar refractivity (Wildman–Crippen MR) is 130 cm³/mol. The van der Waals surface area contributed by atoms with E-state index in [9.17, 15) is 0 Å². The van der Waals surface area contributed by atoms with Crippen LogP contribution in [0.1, 0.15) is 43.4 Å². The summed E-state index contributed by atoms with van der Waals surface area (Å²) in [5.41, 5.74) is 3.17. The number of halogens is 2. The zero-order chi connectivity index (χ0) is 23.4. The van der Waals surface area contributed by atoms with E-state index in [2.05, 4.69) is 50.1 Å². The molecule has 3 aromatic heterocycles. The Morgan fingerprint density at radius 2 is 1.85 bits per heavy atom. The van der Waals surface area contributed by atoms with Gasteiger partial charge in [0.05, 0.1) is 23.7 Å². The molecule has 0 bridgehead atoms. The van der Waals surface area contributed by atoms with E-state index in [1.807, 2.05) is 43.1 Å². The van der Waals surface area contributed by atoms with Crippen LogP contribution in [-0.2, 0) is 22.4 Å². The lowest BCUT2D eigenvalue weighted by molar-refractivity contribution is -0.157. The number of nitrogens with zero attached hydrogens (tertiary/aromatic N) is 5. The van der Waals surface area contributed by atoms with Crippen molar-refractivity contribution in [2.45, 2.75) is 63.2 Å². The average Bonchev–Trinajstić information content (AvgIpc) is 3.55. The van der Waals surface area contributed by atoms with Crippen LogP contribution < -0.4 is 0 Å². The van der Waals surface area contributed by atoms with E-state index in [0.29, 0.717) is 10.8 Å². The fourth-order valence-corrected chi connectivity index (χ4v) is 5.81. The second-order valence-electron chi connectivity index (χ2n) is 9.49. The summed E-state index contributed by atoms with van der Waals surface area (Å²) in [5.74, 6) is -0.518. The van der Waals surface area contributed by atoms with Crippen molar-refractivity contribution in [1.82, 2.24) is 24.3 Å². The predicted octanol–water partition coefficient (Wildman–Crippen LogP) is 5.43. The molecule has 1 aliphatic heterocycles. The minimum atomic E-state index is -0.664. The second kappa shape index (κ2) is 8.34. The van der Waals surface area contributed by atoms with Crippen LogP contribution in [0, 0.1) is 0 Å². The fourth-order valence-electron chi connectivity index (χ4n) is 5.37. The van der Waals surface area contributed by atoms with Gasteiger partial charge in [-0.1, -0.05) is 41.9 Å². The molecule has 4 heterocycles. The molecule has 0 radical (unpaired) electrons. The van der Waals surface area contributed by atoms with Gasteiger partial charge in [0.15, 0.2) is 5.79 Å². The number of aryl methyl sites for hydroxylation is 2. The molecular formula is C25H25Cl2N5O2. The normalized spacial score (nSPS) is 25.8. The first kappa shape index (κ1) is 22.0. The lowest BCUT2D eigenvalue weighted by Gasteiger charge is -2.24. The van der Waals surface area contributed by atoms with E-state index < -0.39 is 5.79 Å². The van der Waals surface area contributed by atoms with Crippen LogP contribution in [0.4, 0.5) is 0 Å². The molecule has 0 amide bonds. The number of aromatic nitrogens is 5. The zero-order valence-electron chi connectivity index (χ0n) is 18.9. The molecule has 1 saturated heterocycles. The highest BCUT2D eigenvalue weighted by Gasteiger charge is 2.55. The third kappa shape index (κ3) is 3.90. The first-order chi connectivity index (χ1) is 16.4. The molecular weight excluding hydrogens is 473 g/mol. The topological polar surface area (TPSA) is 67.0 Å². The summed E-state index contributed by atoms with van der Waals surface area (Å²) in [6, 6.07) is 12.4. The summed E-state index contributed by atoms with van der Waals surface area (Å²) >= 11 is 12.5. The van der Waals surface area contributed by atoms with Crippen LogP contribution in [0.3, 0.4) is 0 Å². The summed E-state index contributed by atoms with van der Waals surface area (Å²) in [6.07, 6.45) is 7.65. The third-order valence-corrected chi connectivity index (χ3v) is 7.30. The van der Waals surface area contributed by atoms with Gasteiger partial charge in [0.2, 0.25) is 5.28 Å². The van der Waals surface area contributed by atoms with Crippen molar-refractivity contribution in [3.63, 3.8) is 0 Å². The van der Waals surface area contributed by atoms with Gasteiger partial charge >= 0.3 is 0 Å². The zero-order valence-corrected chi connectivity index (χ0v) is 20.4. The van der Waals surface area contributed by atoms with Crippen molar-refractivity contribution >= 4 is 34.2 Å². The number of benzene rings is 1. The Morgan fingerprint density at radius 3 is 2.68 bits per heavy atom. The number of fused-ring (bicyclic) bond motifs is 2. The van der Waals surface area contributed by atoms with Crippen molar-refractivity contribution in [3.8, 4) is 0 Å². The minimum absolute atomic E-state index is 0.0176. The monoisotopic (exact) mass is 497 g/mol. The molecule has 0 N–H and O–H groups in total. The van der Waals surface area contributed by atoms with E-state index in [0.717, 1.165) is 30.3 Å². The fraction of sp³-hybridized carbons (Fsp3) is 0.400. The molecule has 1 aromatic carbocycles. The van der Waals surface area contributed by atoms with E-state index in [4.69, 9.17) is 32.7 Å². The lowest BCUT2D eigenvalue weighted by Crippen LogP contribution is -2.27. The van der Waals surface area contributed by atoms with Crippen LogP contribution in [-0.4, -0.2) is 42.3 Å². The number of ether oxygens (including phenoxy) is 2. The number of hydrogen-bond donors (Lipinski definition) is 0. The van der Waals surface area contributed by atoms with Gasteiger partial charge in [0.1, 0.15) is 16.9 Å². The molecule has 1 saturated carbocycles. The Hall–Kier alpha value is -2.45. The lowest BCUT2D eigenvalue weighted by atomic mass is 9.98. The van der Waals surface area contributed by atoms with Crippen molar-refractivity contribution < 1.29 is 9.47 Å². The molecule has 4 atom stereocenters. The highest BCUT2D eigenvalue weighted by molar-refractivity contribution is 6.35. The molecule has 6 rings (SSSR count). The third-order valence-electron chi connectivity index (χ3n) is 6.84. The average molecular weight is 498 g/mol. The van der Waals surface area contributed by atoms with Crippen LogP contribution in [0.5, 0.6) is 0 Å². The maximum Gasteiger partial charge on any atom is 0.225 e. The Kier molecular flexibility index (Phi) is 5.41. The standard InChI is InChI=1S/C25H25Cl2N5O2/c1-25(2)33-20-18(16-13-28-31(14-16)10-8-15-6-4-3-5-7-15)12-19(21(20)34-25)32-11-9-17-22(26)29-24(27)30-23(17)32/h3-7,9,11,13-14,18-21H,8,10,12H2,1-2H3/t18-,19-,20-,21+/m1/s1. The van der Waals surface area contributed by atoms with Crippen molar-refractivity contribution in [1.29, 1.82) is 0 Å². The van der Waals surface area contributed by atoms with Crippen LogP contribution in [0.15, 0.2) is 55.0 Å². The molecule has 9 heteroatoms. The maximum absolute atomic E-state index is 6.41. The minimum Gasteiger partial charge on any atom is -0.344 e. The molecule has 34 heavy (non-hydrogen) atoms. The largest absolute Gasteiger partial charge is 0.344 e. The van der Waals surface area contributed by atoms with Gasteiger partial charge in [-0.3, -0.25) is 4.68 Å². The Bertz CT molecular complexity index is 1340. The van der Waals surface area contributed by atoms with E-state index in [-0.39, 0.29) is 29.5 Å². The molecule has 176 valence electrons. The van der Waals surface area contributed by atoms with Gasteiger partial charge in [0, 0.05) is 24.9 Å². The summed E-state index contributed by atoms with van der Waals surface area (Å²) < 4.78 is 16.9.